The number of aromatic nitrogens is 1. The Morgan fingerprint density at radius 3 is 2.50 bits per heavy atom. The van der Waals surface area contributed by atoms with E-state index in [1.165, 1.54) is 12.1 Å². The molecule has 3 heteroatoms. The number of hydrogen-bond acceptors (Lipinski definition) is 1. The van der Waals surface area contributed by atoms with Crippen LogP contribution in [-0.2, 0) is 12.0 Å². The fourth-order valence-corrected chi connectivity index (χ4v) is 1.81. The fourth-order valence-electron chi connectivity index (χ4n) is 1.81. The largest absolute Gasteiger partial charge is 0.392 e. The number of benzene rings is 1. The lowest BCUT2D eigenvalue weighted by atomic mass is 9.92. The highest BCUT2D eigenvalue weighted by Crippen LogP contribution is 2.28. The molecule has 2 aromatic rings. The number of aliphatic hydroxyl groups is 1. The van der Waals surface area contributed by atoms with Crippen molar-refractivity contribution in [2.45, 2.75) is 32.8 Å². The van der Waals surface area contributed by atoms with Gasteiger partial charge in [-0.05, 0) is 23.8 Å². The Labute approximate surface area is 94.1 Å². The van der Waals surface area contributed by atoms with Gasteiger partial charge in [0.2, 0.25) is 0 Å². The molecule has 0 spiro atoms. The summed E-state index contributed by atoms with van der Waals surface area (Å²) in [6.45, 7) is 6.13. The van der Waals surface area contributed by atoms with Crippen LogP contribution in [0.15, 0.2) is 18.2 Å². The van der Waals surface area contributed by atoms with Gasteiger partial charge in [0.25, 0.3) is 0 Å². The zero-order chi connectivity index (χ0) is 11.9. The van der Waals surface area contributed by atoms with Crippen molar-refractivity contribution < 1.29 is 9.50 Å². The molecule has 0 atom stereocenters. The summed E-state index contributed by atoms with van der Waals surface area (Å²) in [6.07, 6.45) is 0. The van der Waals surface area contributed by atoms with Crippen molar-refractivity contribution in [3.8, 4) is 0 Å². The van der Waals surface area contributed by atoms with Crippen LogP contribution in [0.5, 0.6) is 0 Å². The number of aromatic amines is 1. The first-order chi connectivity index (χ1) is 7.41. The molecule has 0 saturated carbocycles. The number of halogens is 1. The smallest absolute Gasteiger partial charge is 0.125 e. The van der Waals surface area contributed by atoms with Gasteiger partial charge >= 0.3 is 0 Å². The molecule has 0 bridgehead atoms. The average Bonchev–Trinajstić information content (AvgIpc) is 2.59. The Kier molecular flexibility index (Phi) is 2.50. The maximum Gasteiger partial charge on any atom is 0.125 e. The Morgan fingerprint density at radius 2 is 1.94 bits per heavy atom. The second kappa shape index (κ2) is 3.59. The number of rotatable bonds is 1. The van der Waals surface area contributed by atoms with Crippen molar-refractivity contribution in [2.24, 2.45) is 0 Å². The van der Waals surface area contributed by atoms with Crippen LogP contribution >= 0.6 is 0 Å². The molecular formula is C13H16FNO. The van der Waals surface area contributed by atoms with Crippen LogP contribution in [0.1, 0.15) is 32.0 Å². The van der Waals surface area contributed by atoms with E-state index in [9.17, 15) is 9.50 Å². The van der Waals surface area contributed by atoms with Crippen LogP contribution in [0.3, 0.4) is 0 Å². The summed E-state index contributed by atoms with van der Waals surface area (Å²) in [6, 6.07) is 4.83. The molecule has 0 aliphatic carbocycles. The monoisotopic (exact) mass is 221 g/mol. The molecule has 16 heavy (non-hydrogen) atoms. The summed E-state index contributed by atoms with van der Waals surface area (Å²) in [5.41, 5.74) is 2.40. The highest BCUT2D eigenvalue weighted by Gasteiger charge is 2.17. The molecule has 1 aromatic heterocycles. The molecule has 1 aromatic carbocycles. The predicted molar refractivity (Wildman–Crippen MR) is 62.9 cm³/mol. The topological polar surface area (TPSA) is 36.0 Å². The third-order valence-electron chi connectivity index (χ3n) is 2.77. The summed E-state index contributed by atoms with van der Waals surface area (Å²) >= 11 is 0. The van der Waals surface area contributed by atoms with Gasteiger partial charge in [-0.1, -0.05) is 20.8 Å². The first kappa shape index (κ1) is 11.1. The SMILES string of the molecule is CC(C)(C)c1cc2c(CO)cc(F)cc2[nH]1. The Hall–Kier alpha value is -1.35. The third kappa shape index (κ3) is 1.83. The maximum absolute atomic E-state index is 13.3. The number of aliphatic hydroxyl groups excluding tert-OH is 1. The van der Waals surface area contributed by atoms with E-state index in [1.54, 1.807) is 0 Å². The van der Waals surface area contributed by atoms with Crippen LogP contribution in [-0.4, -0.2) is 10.1 Å². The zero-order valence-electron chi connectivity index (χ0n) is 9.76. The van der Waals surface area contributed by atoms with Gasteiger partial charge in [0.15, 0.2) is 0 Å². The fraction of sp³-hybridized carbons (Fsp3) is 0.385. The predicted octanol–water partition coefficient (Wildman–Crippen LogP) is 3.10. The molecule has 0 radical (unpaired) electrons. The molecule has 86 valence electrons. The van der Waals surface area contributed by atoms with Gasteiger partial charge in [0.05, 0.1) is 6.61 Å². The standard InChI is InChI=1S/C13H16FNO/c1-13(2,3)12-6-10-8(7-16)4-9(14)5-11(10)15-12/h4-6,15-16H,7H2,1-3H3. The minimum absolute atomic E-state index is 0.0117. The molecule has 0 unspecified atom stereocenters. The number of hydrogen-bond donors (Lipinski definition) is 2. The van der Waals surface area contributed by atoms with Gasteiger partial charge in [-0.25, -0.2) is 4.39 Å². The van der Waals surface area contributed by atoms with Crippen molar-refractivity contribution in [1.29, 1.82) is 0 Å². The van der Waals surface area contributed by atoms with Crippen LogP contribution in [0, 0.1) is 5.82 Å². The van der Waals surface area contributed by atoms with Crippen LogP contribution in [0.25, 0.3) is 10.9 Å². The van der Waals surface area contributed by atoms with Crippen LogP contribution < -0.4 is 0 Å². The van der Waals surface area contributed by atoms with E-state index in [-0.39, 0.29) is 17.8 Å². The molecule has 0 aliphatic heterocycles. The highest BCUT2D eigenvalue weighted by atomic mass is 19.1. The summed E-state index contributed by atoms with van der Waals surface area (Å²) in [4.78, 5) is 3.20. The van der Waals surface area contributed by atoms with Gasteiger partial charge in [-0.2, -0.15) is 0 Å². The van der Waals surface area contributed by atoms with E-state index in [4.69, 9.17) is 0 Å². The zero-order valence-corrected chi connectivity index (χ0v) is 9.76. The molecule has 0 fully saturated rings. The van der Waals surface area contributed by atoms with Crippen molar-refractivity contribution >= 4 is 10.9 Å². The molecule has 2 rings (SSSR count). The summed E-state index contributed by atoms with van der Waals surface area (Å²) in [5, 5.41) is 10.1. The van der Waals surface area contributed by atoms with Crippen molar-refractivity contribution in [3.05, 3.63) is 35.3 Å². The molecular weight excluding hydrogens is 205 g/mol. The van der Waals surface area contributed by atoms with Crippen LogP contribution in [0.2, 0.25) is 0 Å². The Morgan fingerprint density at radius 1 is 1.25 bits per heavy atom. The Bertz CT molecular complexity index is 522. The minimum atomic E-state index is -0.321. The van der Waals surface area contributed by atoms with Gasteiger partial charge < -0.3 is 10.1 Å². The molecule has 0 saturated heterocycles. The lowest BCUT2D eigenvalue weighted by Gasteiger charge is -2.15. The third-order valence-corrected chi connectivity index (χ3v) is 2.77. The lowest BCUT2D eigenvalue weighted by molar-refractivity contribution is 0.283. The van der Waals surface area contributed by atoms with E-state index in [0.29, 0.717) is 5.56 Å². The first-order valence-electron chi connectivity index (χ1n) is 5.34. The molecule has 2 nitrogen and oxygen atoms in total. The second-order valence-corrected chi connectivity index (χ2v) is 5.12. The number of fused-ring (bicyclic) bond motifs is 1. The normalized spacial score (nSPS) is 12.3. The number of nitrogens with one attached hydrogen (secondary N) is 1. The molecule has 0 aliphatic rings. The van der Waals surface area contributed by atoms with Crippen molar-refractivity contribution in [2.75, 3.05) is 0 Å². The summed E-state index contributed by atoms with van der Waals surface area (Å²) in [7, 11) is 0. The summed E-state index contributed by atoms with van der Waals surface area (Å²) < 4.78 is 13.3. The second-order valence-electron chi connectivity index (χ2n) is 5.12. The number of H-pyrrole nitrogens is 1. The molecule has 1 heterocycles. The van der Waals surface area contributed by atoms with Crippen molar-refractivity contribution in [3.63, 3.8) is 0 Å². The molecule has 0 amide bonds. The van der Waals surface area contributed by atoms with E-state index >= 15 is 0 Å². The average molecular weight is 221 g/mol. The van der Waals surface area contributed by atoms with Crippen molar-refractivity contribution in [1.82, 2.24) is 4.98 Å². The summed E-state index contributed by atoms with van der Waals surface area (Å²) in [5.74, 6) is -0.321. The van der Waals surface area contributed by atoms with E-state index in [2.05, 4.69) is 25.8 Å². The van der Waals surface area contributed by atoms with Gasteiger partial charge in [-0.15, -0.1) is 0 Å². The minimum Gasteiger partial charge on any atom is -0.392 e. The van der Waals surface area contributed by atoms with E-state index < -0.39 is 0 Å². The quantitative estimate of drug-likeness (QED) is 0.762. The van der Waals surface area contributed by atoms with E-state index in [1.807, 2.05) is 6.07 Å². The van der Waals surface area contributed by atoms with E-state index in [0.717, 1.165) is 16.6 Å². The lowest BCUT2D eigenvalue weighted by Crippen LogP contribution is -2.10. The van der Waals surface area contributed by atoms with Gasteiger partial charge in [0.1, 0.15) is 5.82 Å². The first-order valence-corrected chi connectivity index (χ1v) is 5.34. The molecule has 2 N–H and O–H groups in total. The van der Waals surface area contributed by atoms with Crippen LogP contribution in [0.4, 0.5) is 4.39 Å². The van der Waals surface area contributed by atoms with Gasteiger partial charge in [0, 0.05) is 22.0 Å². The Balaban J connectivity index is 2.70. The van der Waals surface area contributed by atoms with Gasteiger partial charge in [-0.3, -0.25) is 0 Å². The highest BCUT2D eigenvalue weighted by molar-refractivity contribution is 5.84. The maximum atomic E-state index is 13.3.